The van der Waals surface area contributed by atoms with Crippen LogP contribution in [0.1, 0.15) is 12.0 Å². The van der Waals surface area contributed by atoms with Crippen LogP contribution in [0.2, 0.25) is 5.02 Å². The van der Waals surface area contributed by atoms with Gasteiger partial charge in [0.25, 0.3) is 0 Å². The van der Waals surface area contributed by atoms with Crippen LogP contribution in [-0.2, 0) is 0 Å². The van der Waals surface area contributed by atoms with Crippen LogP contribution in [0, 0.1) is 6.92 Å². The SMILES string of the molecule is Cc1ccc(Cl)cc1Oc1cccc(-c2csc(NC3=NCCCN3)n2)c1. The van der Waals surface area contributed by atoms with Gasteiger partial charge < -0.3 is 15.4 Å². The lowest BCUT2D eigenvalue weighted by Gasteiger charge is -2.14. The molecule has 0 radical (unpaired) electrons. The number of halogens is 1. The Hall–Kier alpha value is -2.57. The molecule has 7 heteroatoms. The fraction of sp³-hybridized carbons (Fsp3) is 0.200. The van der Waals surface area contributed by atoms with Crippen molar-refractivity contribution in [2.45, 2.75) is 13.3 Å². The van der Waals surface area contributed by atoms with Crippen molar-refractivity contribution in [1.82, 2.24) is 10.3 Å². The molecule has 2 aromatic carbocycles. The zero-order valence-electron chi connectivity index (χ0n) is 14.8. The molecule has 5 nitrogen and oxygen atoms in total. The quantitative estimate of drug-likeness (QED) is 0.624. The lowest BCUT2D eigenvalue weighted by atomic mass is 10.1. The van der Waals surface area contributed by atoms with Crippen molar-refractivity contribution in [2.75, 3.05) is 18.4 Å². The Labute approximate surface area is 167 Å². The Kier molecular flexibility index (Phi) is 5.27. The van der Waals surface area contributed by atoms with E-state index in [1.54, 1.807) is 11.3 Å². The number of guanidine groups is 1. The monoisotopic (exact) mass is 398 g/mol. The van der Waals surface area contributed by atoms with E-state index in [4.69, 9.17) is 16.3 Å². The minimum absolute atomic E-state index is 0.654. The van der Waals surface area contributed by atoms with Crippen molar-refractivity contribution in [1.29, 1.82) is 0 Å². The molecule has 0 aliphatic carbocycles. The second-order valence-electron chi connectivity index (χ2n) is 6.21. The van der Waals surface area contributed by atoms with Crippen LogP contribution in [0.25, 0.3) is 11.3 Å². The predicted molar refractivity (Wildman–Crippen MR) is 112 cm³/mol. The zero-order chi connectivity index (χ0) is 18.6. The molecule has 2 N–H and O–H groups in total. The van der Waals surface area contributed by atoms with Gasteiger partial charge in [0.15, 0.2) is 11.1 Å². The van der Waals surface area contributed by atoms with E-state index < -0.39 is 0 Å². The fourth-order valence-corrected chi connectivity index (χ4v) is 3.59. The number of rotatable bonds is 4. The summed E-state index contributed by atoms with van der Waals surface area (Å²) in [5, 5.41) is 9.97. The lowest BCUT2D eigenvalue weighted by molar-refractivity contribution is 0.479. The van der Waals surface area contributed by atoms with Crippen LogP contribution in [-0.4, -0.2) is 24.0 Å². The molecule has 2 heterocycles. The molecule has 0 unspecified atom stereocenters. The highest BCUT2D eigenvalue weighted by Crippen LogP contribution is 2.31. The Balaban J connectivity index is 1.52. The Morgan fingerprint density at radius 2 is 2.15 bits per heavy atom. The summed E-state index contributed by atoms with van der Waals surface area (Å²) >= 11 is 7.63. The van der Waals surface area contributed by atoms with Crippen molar-refractivity contribution in [2.24, 2.45) is 4.99 Å². The van der Waals surface area contributed by atoms with Crippen LogP contribution in [0.4, 0.5) is 5.13 Å². The van der Waals surface area contributed by atoms with Gasteiger partial charge in [-0.15, -0.1) is 11.3 Å². The number of thiazole rings is 1. The van der Waals surface area contributed by atoms with E-state index in [9.17, 15) is 0 Å². The largest absolute Gasteiger partial charge is 0.457 e. The summed E-state index contributed by atoms with van der Waals surface area (Å²) in [6, 6.07) is 13.5. The molecule has 138 valence electrons. The molecule has 0 saturated heterocycles. The summed E-state index contributed by atoms with van der Waals surface area (Å²) < 4.78 is 6.03. The summed E-state index contributed by atoms with van der Waals surface area (Å²) in [6.07, 6.45) is 1.06. The van der Waals surface area contributed by atoms with Crippen LogP contribution < -0.4 is 15.4 Å². The molecule has 1 aliphatic heterocycles. The van der Waals surface area contributed by atoms with Crippen molar-refractivity contribution < 1.29 is 4.74 Å². The number of nitrogens with one attached hydrogen (secondary N) is 2. The lowest BCUT2D eigenvalue weighted by Crippen LogP contribution is -2.35. The van der Waals surface area contributed by atoms with Crippen molar-refractivity contribution in [3.63, 3.8) is 0 Å². The highest BCUT2D eigenvalue weighted by atomic mass is 35.5. The molecule has 3 aromatic rings. The molecule has 0 saturated carbocycles. The number of hydrogen-bond acceptors (Lipinski definition) is 6. The van der Waals surface area contributed by atoms with Gasteiger partial charge >= 0.3 is 0 Å². The number of aromatic nitrogens is 1. The molecular weight excluding hydrogens is 380 g/mol. The second kappa shape index (κ2) is 7.98. The predicted octanol–water partition coefficient (Wildman–Crippen LogP) is 5.33. The zero-order valence-corrected chi connectivity index (χ0v) is 16.4. The summed E-state index contributed by atoms with van der Waals surface area (Å²) in [5.41, 5.74) is 2.92. The molecule has 0 spiro atoms. The van der Waals surface area contributed by atoms with E-state index >= 15 is 0 Å². The average molecular weight is 399 g/mol. The van der Waals surface area contributed by atoms with Crippen LogP contribution in [0.15, 0.2) is 52.8 Å². The Morgan fingerprint density at radius 1 is 1.22 bits per heavy atom. The van der Waals surface area contributed by atoms with E-state index in [2.05, 4.69) is 20.6 Å². The van der Waals surface area contributed by atoms with Crippen molar-refractivity contribution >= 4 is 34.0 Å². The second-order valence-corrected chi connectivity index (χ2v) is 7.51. The molecule has 0 amide bonds. The van der Waals surface area contributed by atoms with E-state index in [0.29, 0.717) is 5.02 Å². The molecule has 1 aromatic heterocycles. The van der Waals surface area contributed by atoms with E-state index in [-0.39, 0.29) is 0 Å². The van der Waals surface area contributed by atoms with Crippen LogP contribution in [0.3, 0.4) is 0 Å². The number of nitrogens with zero attached hydrogens (tertiary/aromatic N) is 2. The normalized spacial score (nSPS) is 13.6. The molecule has 1 aliphatic rings. The molecule has 0 bridgehead atoms. The van der Waals surface area contributed by atoms with Crippen LogP contribution in [0.5, 0.6) is 11.5 Å². The van der Waals surface area contributed by atoms with Gasteiger partial charge in [-0.3, -0.25) is 4.99 Å². The topological polar surface area (TPSA) is 58.5 Å². The minimum Gasteiger partial charge on any atom is -0.457 e. The van der Waals surface area contributed by atoms with Gasteiger partial charge in [-0.25, -0.2) is 4.98 Å². The number of aryl methyl sites for hydroxylation is 1. The van der Waals surface area contributed by atoms with Gasteiger partial charge in [0.05, 0.1) is 5.69 Å². The first-order valence-electron chi connectivity index (χ1n) is 8.73. The Bertz CT molecular complexity index is 986. The number of aliphatic imine (C=N–C) groups is 1. The molecule has 0 fully saturated rings. The maximum atomic E-state index is 6.08. The van der Waals surface area contributed by atoms with E-state index in [0.717, 1.165) is 58.9 Å². The van der Waals surface area contributed by atoms with Gasteiger partial charge in [0, 0.05) is 29.1 Å². The maximum Gasteiger partial charge on any atom is 0.197 e. The molecular formula is C20H19ClN4OS. The van der Waals surface area contributed by atoms with Gasteiger partial charge in [-0.1, -0.05) is 29.8 Å². The van der Waals surface area contributed by atoms with Gasteiger partial charge in [0.2, 0.25) is 0 Å². The highest BCUT2D eigenvalue weighted by Gasteiger charge is 2.10. The third kappa shape index (κ3) is 4.40. The minimum atomic E-state index is 0.654. The first-order valence-corrected chi connectivity index (χ1v) is 9.98. The van der Waals surface area contributed by atoms with Crippen LogP contribution >= 0.6 is 22.9 Å². The smallest absolute Gasteiger partial charge is 0.197 e. The number of anilines is 1. The first kappa shape index (κ1) is 17.8. The molecule has 0 atom stereocenters. The summed E-state index contributed by atoms with van der Waals surface area (Å²) in [5.74, 6) is 2.29. The number of ether oxygens (including phenoxy) is 1. The van der Waals surface area contributed by atoms with Gasteiger partial charge in [-0.2, -0.15) is 0 Å². The Morgan fingerprint density at radius 3 is 3.00 bits per heavy atom. The molecule has 27 heavy (non-hydrogen) atoms. The molecule has 4 rings (SSSR count). The highest BCUT2D eigenvalue weighted by molar-refractivity contribution is 7.14. The number of benzene rings is 2. The first-order chi connectivity index (χ1) is 13.2. The third-order valence-electron chi connectivity index (χ3n) is 4.13. The van der Waals surface area contributed by atoms with Gasteiger partial charge in [-0.05, 0) is 43.2 Å². The van der Waals surface area contributed by atoms with E-state index in [1.165, 1.54) is 0 Å². The number of hydrogen-bond donors (Lipinski definition) is 2. The average Bonchev–Trinajstić information content (AvgIpc) is 3.14. The third-order valence-corrected chi connectivity index (χ3v) is 5.13. The van der Waals surface area contributed by atoms with E-state index in [1.807, 2.05) is 54.8 Å². The van der Waals surface area contributed by atoms with Crippen molar-refractivity contribution in [3.8, 4) is 22.8 Å². The standard InChI is InChI=1S/C20H19ClN4OS/c1-13-6-7-15(21)11-18(13)26-16-5-2-4-14(10-16)17-12-27-20(24-17)25-19-22-8-3-9-23-19/h2,4-7,10-12H,3,8-9H2,1H3,(H2,22,23,24,25). The summed E-state index contributed by atoms with van der Waals surface area (Å²) in [7, 11) is 0. The fourth-order valence-electron chi connectivity index (χ4n) is 2.71. The maximum absolute atomic E-state index is 6.08. The summed E-state index contributed by atoms with van der Waals surface area (Å²) in [4.78, 5) is 9.08. The van der Waals surface area contributed by atoms with Crippen molar-refractivity contribution in [3.05, 3.63) is 58.4 Å². The van der Waals surface area contributed by atoms with Gasteiger partial charge in [0.1, 0.15) is 11.5 Å². The summed E-state index contributed by atoms with van der Waals surface area (Å²) in [6.45, 7) is 3.78.